The van der Waals surface area contributed by atoms with Gasteiger partial charge < -0.3 is 4.90 Å². The lowest BCUT2D eigenvalue weighted by Gasteiger charge is -2.37. The molecule has 1 aliphatic carbocycles. The number of hydrogen-bond acceptors (Lipinski definition) is 5. The molecule has 7 nitrogen and oxygen atoms in total. The van der Waals surface area contributed by atoms with Gasteiger partial charge in [0.25, 0.3) is 10.1 Å². The second-order valence-corrected chi connectivity index (χ2v) is 10.8. The van der Waals surface area contributed by atoms with E-state index in [9.17, 15) is 8.42 Å². The Morgan fingerprint density at radius 3 is 2.50 bits per heavy atom. The quantitative estimate of drug-likeness (QED) is 0.497. The first-order valence-electron chi connectivity index (χ1n) is 10.6. The maximum atomic E-state index is 9.19. The number of halogens is 2. The lowest BCUT2D eigenvalue weighted by Crippen LogP contribution is -2.42. The van der Waals surface area contributed by atoms with Crippen LogP contribution in [0.2, 0.25) is 10.0 Å². The van der Waals surface area contributed by atoms with E-state index < -0.39 is 10.1 Å². The largest absolute Gasteiger partial charge is 0.365 e. The first-order chi connectivity index (χ1) is 15.0. The molecule has 1 fully saturated rings. The van der Waals surface area contributed by atoms with Gasteiger partial charge in [-0.05, 0) is 56.4 Å². The van der Waals surface area contributed by atoms with Gasteiger partial charge in [-0.3, -0.25) is 9.23 Å². The smallest absolute Gasteiger partial charge is 0.261 e. The number of pyridine rings is 1. The van der Waals surface area contributed by atoms with Gasteiger partial charge >= 0.3 is 0 Å². The SMILES string of the molecule is CCC1Cn2nc(-c3ccc(Cl)cc3Cl)c3nc(C)cc(c32)N1CC1CC1.CS(=O)(=O)O. The molecule has 10 heteroatoms. The summed E-state index contributed by atoms with van der Waals surface area (Å²) in [5, 5.41) is 6.19. The summed E-state index contributed by atoms with van der Waals surface area (Å²) in [6, 6.07) is 8.26. The average molecular weight is 497 g/mol. The van der Waals surface area contributed by atoms with Crippen molar-refractivity contribution in [1.82, 2.24) is 14.8 Å². The van der Waals surface area contributed by atoms with Crippen LogP contribution in [0.5, 0.6) is 0 Å². The number of aryl methyl sites for hydroxylation is 1. The van der Waals surface area contributed by atoms with Crippen molar-refractivity contribution in [3.8, 4) is 11.3 Å². The molecule has 0 bridgehead atoms. The van der Waals surface area contributed by atoms with Gasteiger partial charge in [-0.1, -0.05) is 30.1 Å². The van der Waals surface area contributed by atoms with Crippen molar-refractivity contribution in [2.75, 3.05) is 17.7 Å². The maximum absolute atomic E-state index is 9.19. The molecule has 0 spiro atoms. The van der Waals surface area contributed by atoms with Gasteiger partial charge in [0.2, 0.25) is 0 Å². The van der Waals surface area contributed by atoms with Gasteiger partial charge in [0, 0.05) is 28.9 Å². The minimum atomic E-state index is -3.67. The third-order valence-electron chi connectivity index (χ3n) is 5.75. The van der Waals surface area contributed by atoms with Crippen molar-refractivity contribution in [1.29, 1.82) is 0 Å². The predicted octanol–water partition coefficient (Wildman–Crippen LogP) is 5.23. The molecule has 1 atom stereocenters. The Bertz CT molecular complexity index is 1260. The van der Waals surface area contributed by atoms with Crippen LogP contribution in [-0.4, -0.2) is 46.6 Å². The zero-order chi connectivity index (χ0) is 23.2. The summed E-state index contributed by atoms with van der Waals surface area (Å²) in [5.74, 6) is 0.835. The van der Waals surface area contributed by atoms with Crippen LogP contribution in [-0.2, 0) is 16.7 Å². The van der Waals surface area contributed by atoms with Gasteiger partial charge in [-0.2, -0.15) is 13.5 Å². The Balaban J connectivity index is 0.000000444. The first-order valence-corrected chi connectivity index (χ1v) is 13.2. The Hall–Kier alpha value is -1.87. The first kappa shape index (κ1) is 23.3. The number of nitrogens with zero attached hydrogens (tertiary/aromatic N) is 4. The molecular weight excluding hydrogens is 471 g/mol. The van der Waals surface area contributed by atoms with E-state index in [-0.39, 0.29) is 0 Å². The fourth-order valence-electron chi connectivity index (χ4n) is 4.17. The van der Waals surface area contributed by atoms with E-state index in [1.807, 2.05) is 12.1 Å². The Kier molecular flexibility index (Phi) is 6.42. The van der Waals surface area contributed by atoms with Crippen LogP contribution in [0.3, 0.4) is 0 Å². The number of hydrogen-bond donors (Lipinski definition) is 1. The summed E-state index contributed by atoms with van der Waals surface area (Å²) in [6.45, 7) is 6.36. The average Bonchev–Trinajstić information content (AvgIpc) is 3.43. The summed E-state index contributed by atoms with van der Waals surface area (Å²) < 4.78 is 28.0. The highest BCUT2D eigenvalue weighted by atomic mass is 35.5. The third-order valence-corrected chi connectivity index (χ3v) is 6.29. The molecule has 1 aromatic carbocycles. The molecule has 3 heterocycles. The number of benzene rings is 1. The molecule has 0 saturated heterocycles. The molecule has 32 heavy (non-hydrogen) atoms. The molecule has 1 N–H and O–H groups in total. The van der Waals surface area contributed by atoms with Gasteiger partial charge in [0.15, 0.2) is 0 Å². The van der Waals surface area contributed by atoms with Crippen LogP contribution >= 0.6 is 23.2 Å². The number of anilines is 1. The third kappa shape index (κ3) is 5.03. The maximum Gasteiger partial charge on any atom is 0.261 e. The highest BCUT2D eigenvalue weighted by molar-refractivity contribution is 7.85. The molecule has 2 aliphatic rings. The number of aromatic nitrogens is 3. The van der Waals surface area contributed by atoms with E-state index in [1.165, 1.54) is 18.5 Å². The monoisotopic (exact) mass is 496 g/mol. The van der Waals surface area contributed by atoms with Crippen LogP contribution in [0.25, 0.3) is 22.3 Å². The van der Waals surface area contributed by atoms with Crippen molar-refractivity contribution in [2.24, 2.45) is 5.92 Å². The van der Waals surface area contributed by atoms with Gasteiger partial charge in [-0.15, -0.1) is 0 Å². The van der Waals surface area contributed by atoms with Crippen LogP contribution in [0.15, 0.2) is 24.3 Å². The Morgan fingerprint density at radius 2 is 1.91 bits per heavy atom. The predicted molar refractivity (Wildman–Crippen MR) is 129 cm³/mol. The zero-order valence-corrected chi connectivity index (χ0v) is 20.5. The lowest BCUT2D eigenvalue weighted by atomic mass is 10.1. The highest BCUT2D eigenvalue weighted by Crippen LogP contribution is 2.42. The highest BCUT2D eigenvalue weighted by Gasteiger charge is 2.34. The molecular formula is C22H26Cl2N4O3S. The molecule has 1 aliphatic heterocycles. The standard InChI is InChI=1S/C21H22Cl2N4.CH4O3S/c1-3-15-11-27-21-18(26(15)10-13-4-5-13)8-12(2)24-20(21)19(25-27)16-7-6-14(22)9-17(16)23;1-5(2,3)4/h6-9,13,15H,3-5,10-11H2,1-2H3;1H3,(H,2,3,4). The van der Waals surface area contributed by atoms with Crippen LogP contribution in [0.1, 0.15) is 31.9 Å². The summed E-state index contributed by atoms with van der Waals surface area (Å²) >= 11 is 12.6. The van der Waals surface area contributed by atoms with Gasteiger partial charge in [0.1, 0.15) is 16.7 Å². The lowest BCUT2D eigenvalue weighted by molar-refractivity contribution is 0.453. The van der Waals surface area contributed by atoms with Crippen molar-refractivity contribution in [3.05, 3.63) is 40.0 Å². The topological polar surface area (TPSA) is 88.3 Å². The second kappa shape index (κ2) is 8.82. The molecule has 3 aromatic rings. The van der Waals surface area contributed by atoms with Crippen molar-refractivity contribution >= 4 is 50.0 Å². The summed E-state index contributed by atoms with van der Waals surface area (Å²) in [5.41, 5.74) is 6.08. The molecule has 0 amide bonds. The van der Waals surface area contributed by atoms with E-state index in [1.54, 1.807) is 6.07 Å². The normalized spacial score (nSPS) is 17.9. The van der Waals surface area contributed by atoms with E-state index in [4.69, 9.17) is 37.8 Å². The van der Waals surface area contributed by atoms with Crippen LogP contribution < -0.4 is 4.90 Å². The summed E-state index contributed by atoms with van der Waals surface area (Å²) in [6.07, 6.45) is 4.52. The molecule has 5 rings (SSSR count). The minimum Gasteiger partial charge on any atom is -0.365 e. The Labute approximate surface area is 198 Å². The van der Waals surface area contributed by atoms with Crippen LogP contribution in [0, 0.1) is 12.8 Å². The van der Waals surface area contributed by atoms with Gasteiger partial charge in [0.05, 0.1) is 23.5 Å². The zero-order valence-electron chi connectivity index (χ0n) is 18.2. The molecule has 1 saturated carbocycles. The number of rotatable bonds is 4. The summed E-state index contributed by atoms with van der Waals surface area (Å²) in [4.78, 5) is 7.46. The van der Waals surface area contributed by atoms with Crippen molar-refractivity contribution in [3.63, 3.8) is 0 Å². The fourth-order valence-corrected chi connectivity index (χ4v) is 4.67. The summed E-state index contributed by atoms with van der Waals surface area (Å²) in [7, 11) is -3.67. The van der Waals surface area contributed by atoms with Crippen molar-refractivity contribution in [2.45, 2.75) is 45.7 Å². The van der Waals surface area contributed by atoms with E-state index >= 15 is 0 Å². The Morgan fingerprint density at radius 1 is 1.22 bits per heavy atom. The fraction of sp³-hybridized carbons (Fsp3) is 0.455. The van der Waals surface area contributed by atoms with Crippen molar-refractivity contribution < 1.29 is 13.0 Å². The minimum absolute atomic E-state index is 0.469. The molecule has 2 aromatic heterocycles. The molecule has 1 unspecified atom stereocenters. The van der Waals surface area contributed by atoms with Crippen LogP contribution in [0.4, 0.5) is 5.69 Å². The molecule has 0 radical (unpaired) electrons. The van der Waals surface area contributed by atoms with E-state index in [0.717, 1.165) is 53.4 Å². The second-order valence-electron chi connectivity index (χ2n) is 8.53. The molecule has 172 valence electrons. The van der Waals surface area contributed by atoms with Gasteiger partial charge in [-0.25, -0.2) is 4.98 Å². The van der Waals surface area contributed by atoms with E-state index in [2.05, 4.69) is 29.5 Å². The van der Waals surface area contributed by atoms with E-state index in [0.29, 0.717) is 22.3 Å².